The van der Waals surface area contributed by atoms with Crippen LogP contribution in [0.1, 0.15) is 38.7 Å². The first-order valence-electron chi connectivity index (χ1n) is 10.6. The molecule has 0 saturated heterocycles. The van der Waals surface area contributed by atoms with E-state index in [-0.39, 0.29) is 18.8 Å². The quantitative estimate of drug-likeness (QED) is 0.273. The minimum atomic E-state index is -1.12. The number of unbranched alkanes of at least 4 members (excludes halogenated alkanes) is 1. The van der Waals surface area contributed by atoms with Crippen LogP contribution in [-0.4, -0.2) is 52.5 Å². The summed E-state index contributed by atoms with van der Waals surface area (Å²) in [6.07, 6.45) is 3.48. The third kappa shape index (κ3) is 6.80. The van der Waals surface area contributed by atoms with Crippen LogP contribution in [0.25, 0.3) is 10.9 Å². The molecular formula is C22H33N5O4. The molecule has 0 aliphatic heterocycles. The monoisotopic (exact) mass is 431 g/mol. The molecule has 9 heteroatoms. The molecule has 8 N–H and O–H groups in total. The predicted octanol–water partition coefficient (Wildman–Crippen LogP) is 0.877. The fourth-order valence-corrected chi connectivity index (χ4v) is 3.32. The Morgan fingerprint density at radius 2 is 1.74 bits per heavy atom. The summed E-state index contributed by atoms with van der Waals surface area (Å²) in [7, 11) is 0. The summed E-state index contributed by atoms with van der Waals surface area (Å²) < 4.78 is 0. The molecule has 2 aromatic rings. The molecule has 9 nitrogen and oxygen atoms in total. The lowest BCUT2D eigenvalue weighted by molar-refractivity contribution is -0.142. The number of nitrogens with one attached hydrogen (secondary N) is 3. The van der Waals surface area contributed by atoms with Gasteiger partial charge in [0, 0.05) is 23.5 Å². The number of amides is 2. The third-order valence-electron chi connectivity index (χ3n) is 5.31. The van der Waals surface area contributed by atoms with Crippen molar-refractivity contribution in [2.75, 3.05) is 6.54 Å². The summed E-state index contributed by atoms with van der Waals surface area (Å²) in [5.74, 6) is -2.25. The number of hydrogen-bond acceptors (Lipinski definition) is 5. The second-order valence-corrected chi connectivity index (χ2v) is 8.08. The highest BCUT2D eigenvalue weighted by Crippen LogP contribution is 2.19. The van der Waals surface area contributed by atoms with Crippen molar-refractivity contribution in [1.29, 1.82) is 0 Å². The van der Waals surface area contributed by atoms with E-state index in [1.165, 1.54) is 0 Å². The maximum atomic E-state index is 13.0. The molecule has 0 aliphatic rings. The Morgan fingerprint density at radius 1 is 1.06 bits per heavy atom. The van der Waals surface area contributed by atoms with Crippen LogP contribution in [0.4, 0.5) is 0 Å². The Balaban J connectivity index is 2.22. The molecule has 2 amide bonds. The Labute approximate surface area is 181 Å². The number of nitrogens with two attached hydrogens (primary N) is 2. The first-order chi connectivity index (χ1) is 14.7. The van der Waals surface area contributed by atoms with E-state index < -0.39 is 35.9 Å². The summed E-state index contributed by atoms with van der Waals surface area (Å²) >= 11 is 0. The van der Waals surface area contributed by atoms with E-state index in [1.54, 1.807) is 6.20 Å². The van der Waals surface area contributed by atoms with E-state index >= 15 is 0 Å². The molecule has 170 valence electrons. The van der Waals surface area contributed by atoms with Gasteiger partial charge in [0.15, 0.2) is 0 Å². The van der Waals surface area contributed by atoms with Crippen LogP contribution in [-0.2, 0) is 20.8 Å². The molecule has 0 spiro atoms. The fourth-order valence-electron chi connectivity index (χ4n) is 3.32. The number of aliphatic carboxylic acids is 1. The van der Waals surface area contributed by atoms with Crippen molar-refractivity contribution >= 4 is 28.7 Å². The number of rotatable bonds is 12. The minimum Gasteiger partial charge on any atom is -0.480 e. The smallest absolute Gasteiger partial charge is 0.326 e. The minimum absolute atomic E-state index is 0.111. The Hall–Kier alpha value is -2.91. The number of carboxylic acid groups (broad SMARTS) is 1. The van der Waals surface area contributed by atoms with E-state index in [9.17, 15) is 19.5 Å². The highest BCUT2D eigenvalue weighted by molar-refractivity contribution is 5.93. The number of para-hydroxylation sites is 1. The molecule has 0 fully saturated rings. The summed E-state index contributed by atoms with van der Waals surface area (Å²) in [6.45, 7) is 4.08. The number of carboxylic acids is 1. The molecule has 1 aromatic carbocycles. The van der Waals surface area contributed by atoms with Crippen LogP contribution >= 0.6 is 0 Å². The van der Waals surface area contributed by atoms with Crippen LogP contribution in [0.2, 0.25) is 0 Å². The van der Waals surface area contributed by atoms with Crippen LogP contribution in [0, 0.1) is 5.92 Å². The van der Waals surface area contributed by atoms with Gasteiger partial charge >= 0.3 is 5.97 Å². The van der Waals surface area contributed by atoms with Crippen LogP contribution < -0.4 is 22.1 Å². The number of fused-ring (bicyclic) bond motifs is 1. The van der Waals surface area contributed by atoms with E-state index in [0.717, 1.165) is 16.5 Å². The van der Waals surface area contributed by atoms with E-state index in [0.29, 0.717) is 19.4 Å². The second-order valence-electron chi connectivity index (χ2n) is 8.08. The Kier molecular flexibility index (Phi) is 9.02. The lowest BCUT2D eigenvalue weighted by Gasteiger charge is -2.24. The van der Waals surface area contributed by atoms with Gasteiger partial charge in [-0.3, -0.25) is 9.59 Å². The standard InChI is InChI=1S/C22H33N5O4/c1-13(2)19(24)21(29)27-18(11-14-12-25-16-8-4-3-7-15(14)16)20(28)26-17(22(30)31)9-5-6-10-23/h3-4,7-8,12-13,17-19,25H,5-6,9-11,23-24H2,1-2H3,(H,26,28)(H,27,29)(H,30,31). The zero-order chi connectivity index (χ0) is 23.0. The number of H-pyrrole nitrogens is 1. The number of benzene rings is 1. The number of carbonyl (C=O) groups is 3. The highest BCUT2D eigenvalue weighted by Gasteiger charge is 2.29. The topological polar surface area (TPSA) is 163 Å². The van der Waals surface area contributed by atoms with Crippen LogP contribution in [0.5, 0.6) is 0 Å². The normalized spacial score (nSPS) is 14.2. The van der Waals surface area contributed by atoms with Gasteiger partial charge in [-0.1, -0.05) is 32.0 Å². The average molecular weight is 432 g/mol. The largest absolute Gasteiger partial charge is 0.480 e. The zero-order valence-electron chi connectivity index (χ0n) is 18.1. The second kappa shape index (κ2) is 11.5. The highest BCUT2D eigenvalue weighted by atomic mass is 16.4. The lowest BCUT2D eigenvalue weighted by Crippen LogP contribution is -2.56. The maximum Gasteiger partial charge on any atom is 0.326 e. The molecule has 31 heavy (non-hydrogen) atoms. The molecular weight excluding hydrogens is 398 g/mol. The van der Waals surface area contributed by atoms with Crippen molar-refractivity contribution in [3.63, 3.8) is 0 Å². The number of hydrogen-bond donors (Lipinski definition) is 6. The van der Waals surface area contributed by atoms with Gasteiger partial charge in [0.2, 0.25) is 11.8 Å². The Morgan fingerprint density at radius 3 is 2.39 bits per heavy atom. The first-order valence-corrected chi connectivity index (χ1v) is 10.6. The van der Waals surface area contributed by atoms with Gasteiger partial charge in [-0.15, -0.1) is 0 Å². The molecule has 0 radical (unpaired) electrons. The van der Waals surface area contributed by atoms with Crippen molar-refractivity contribution in [3.05, 3.63) is 36.0 Å². The summed E-state index contributed by atoms with van der Waals surface area (Å²) in [5.41, 5.74) is 13.2. The molecule has 1 aromatic heterocycles. The summed E-state index contributed by atoms with van der Waals surface area (Å²) in [4.78, 5) is 40.3. The molecule has 3 unspecified atom stereocenters. The maximum absolute atomic E-state index is 13.0. The summed E-state index contributed by atoms with van der Waals surface area (Å²) in [6, 6.07) is 4.82. The fraction of sp³-hybridized carbons (Fsp3) is 0.500. The SMILES string of the molecule is CC(C)C(N)C(=O)NC(Cc1c[nH]c2ccccc12)C(=O)NC(CCCCN)C(=O)O. The van der Waals surface area contributed by atoms with Crippen LogP contribution in [0.3, 0.4) is 0 Å². The van der Waals surface area contributed by atoms with Gasteiger partial charge in [-0.2, -0.15) is 0 Å². The zero-order valence-corrected chi connectivity index (χ0v) is 18.1. The molecule has 2 rings (SSSR count). The molecule has 0 saturated carbocycles. The van der Waals surface area contributed by atoms with Crippen molar-refractivity contribution in [2.45, 2.75) is 57.7 Å². The van der Waals surface area contributed by atoms with E-state index in [2.05, 4.69) is 15.6 Å². The third-order valence-corrected chi connectivity index (χ3v) is 5.31. The molecule has 1 heterocycles. The van der Waals surface area contributed by atoms with E-state index in [4.69, 9.17) is 11.5 Å². The molecule has 0 bridgehead atoms. The van der Waals surface area contributed by atoms with Crippen molar-refractivity contribution < 1.29 is 19.5 Å². The van der Waals surface area contributed by atoms with Gasteiger partial charge in [0.1, 0.15) is 12.1 Å². The number of aromatic nitrogens is 1. The van der Waals surface area contributed by atoms with Crippen molar-refractivity contribution in [1.82, 2.24) is 15.6 Å². The summed E-state index contributed by atoms with van der Waals surface area (Å²) in [5, 5.41) is 15.7. The number of carbonyl (C=O) groups excluding carboxylic acids is 2. The van der Waals surface area contributed by atoms with Gasteiger partial charge in [-0.05, 0) is 43.4 Å². The predicted molar refractivity (Wildman–Crippen MR) is 119 cm³/mol. The average Bonchev–Trinajstić information content (AvgIpc) is 3.14. The van der Waals surface area contributed by atoms with Crippen molar-refractivity contribution in [3.8, 4) is 0 Å². The molecule has 3 atom stereocenters. The first kappa shape index (κ1) is 24.4. The van der Waals surface area contributed by atoms with Gasteiger partial charge in [0.25, 0.3) is 0 Å². The van der Waals surface area contributed by atoms with Gasteiger partial charge < -0.3 is 32.2 Å². The molecule has 0 aliphatic carbocycles. The lowest BCUT2D eigenvalue weighted by atomic mass is 10.0. The number of aromatic amines is 1. The van der Waals surface area contributed by atoms with Gasteiger partial charge in [-0.25, -0.2) is 4.79 Å². The Bertz CT molecular complexity index is 895. The van der Waals surface area contributed by atoms with Crippen LogP contribution in [0.15, 0.2) is 30.5 Å². The van der Waals surface area contributed by atoms with Gasteiger partial charge in [0.05, 0.1) is 6.04 Å². The van der Waals surface area contributed by atoms with E-state index in [1.807, 2.05) is 38.1 Å². The van der Waals surface area contributed by atoms with Crippen molar-refractivity contribution in [2.24, 2.45) is 17.4 Å².